The maximum atomic E-state index is 12.9. The van der Waals surface area contributed by atoms with E-state index in [1.165, 1.54) is 6.07 Å². The molecule has 25 heavy (non-hydrogen) atoms. The van der Waals surface area contributed by atoms with Gasteiger partial charge in [-0.05, 0) is 42.8 Å². The molecule has 0 unspecified atom stereocenters. The van der Waals surface area contributed by atoms with Crippen molar-refractivity contribution >= 4 is 34.8 Å². The molecular weight excluding hydrogens is 378 g/mol. The van der Waals surface area contributed by atoms with Gasteiger partial charge in [-0.2, -0.15) is 13.2 Å². The minimum absolute atomic E-state index is 0.0186. The lowest BCUT2D eigenvalue weighted by Gasteiger charge is -2.18. The van der Waals surface area contributed by atoms with Crippen LogP contribution in [0.2, 0.25) is 10.0 Å². The minimum atomic E-state index is -4.61. The van der Waals surface area contributed by atoms with Gasteiger partial charge < -0.3 is 10.1 Å². The molecule has 0 saturated heterocycles. The Kier molecular flexibility index (Phi) is 6.19. The largest absolute Gasteiger partial charge is 0.481 e. The summed E-state index contributed by atoms with van der Waals surface area (Å²) in [6.07, 6.45) is -5.18. The van der Waals surface area contributed by atoms with Crippen molar-refractivity contribution in [2.24, 2.45) is 0 Å². The zero-order chi connectivity index (χ0) is 18.6. The van der Waals surface area contributed by atoms with Crippen molar-refractivity contribution in [1.82, 2.24) is 0 Å². The van der Waals surface area contributed by atoms with E-state index in [4.69, 9.17) is 27.9 Å². The number of nitrogens with one attached hydrogen (secondary N) is 1. The second-order valence-corrected chi connectivity index (χ2v) is 6.00. The molecule has 0 heterocycles. The van der Waals surface area contributed by atoms with E-state index < -0.39 is 28.8 Å². The highest BCUT2D eigenvalue weighted by Crippen LogP contribution is 2.36. The molecular formula is C17H14Cl2F3NO2. The highest BCUT2D eigenvalue weighted by atomic mass is 35.5. The molecule has 0 fully saturated rings. The third kappa shape index (κ3) is 5.28. The van der Waals surface area contributed by atoms with Crippen LogP contribution >= 0.6 is 23.2 Å². The van der Waals surface area contributed by atoms with Crippen LogP contribution in [0.3, 0.4) is 0 Å². The second kappa shape index (κ2) is 7.97. The number of rotatable bonds is 5. The number of benzene rings is 2. The topological polar surface area (TPSA) is 38.3 Å². The van der Waals surface area contributed by atoms with E-state index in [1.54, 1.807) is 31.2 Å². The molecule has 2 rings (SSSR count). The van der Waals surface area contributed by atoms with Gasteiger partial charge in [0.05, 0.1) is 10.6 Å². The van der Waals surface area contributed by atoms with E-state index in [0.717, 1.165) is 12.1 Å². The van der Waals surface area contributed by atoms with Gasteiger partial charge in [0.15, 0.2) is 6.10 Å². The third-order valence-corrected chi connectivity index (χ3v) is 3.84. The lowest BCUT2D eigenvalue weighted by molar-refractivity contribution is -0.137. The van der Waals surface area contributed by atoms with E-state index >= 15 is 0 Å². The Hall–Kier alpha value is -1.92. The van der Waals surface area contributed by atoms with Gasteiger partial charge in [0, 0.05) is 10.7 Å². The van der Waals surface area contributed by atoms with E-state index in [-0.39, 0.29) is 5.69 Å². The smallest absolute Gasteiger partial charge is 0.417 e. The molecule has 3 nitrogen and oxygen atoms in total. The normalized spacial score (nSPS) is 12.6. The number of hydrogen-bond donors (Lipinski definition) is 1. The number of carbonyl (C=O) groups is 1. The van der Waals surface area contributed by atoms with Crippen LogP contribution in [-0.4, -0.2) is 12.0 Å². The van der Waals surface area contributed by atoms with Crippen LogP contribution in [-0.2, 0) is 11.0 Å². The van der Waals surface area contributed by atoms with E-state index in [2.05, 4.69) is 5.32 Å². The van der Waals surface area contributed by atoms with E-state index in [9.17, 15) is 18.0 Å². The zero-order valence-electron chi connectivity index (χ0n) is 13.0. The summed E-state index contributed by atoms with van der Waals surface area (Å²) in [6, 6.07) is 9.65. The predicted octanol–water partition coefficient (Wildman–Crippen LogP) is 5.81. The number of ether oxygens (including phenoxy) is 1. The van der Waals surface area contributed by atoms with Crippen molar-refractivity contribution in [3.8, 4) is 5.75 Å². The highest BCUT2D eigenvalue weighted by Gasteiger charge is 2.33. The third-order valence-electron chi connectivity index (χ3n) is 3.28. The van der Waals surface area contributed by atoms with Crippen LogP contribution in [0.15, 0.2) is 42.5 Å². The summed E-state index contributed by atoms with van der Waals surface area (Å²) in [5.74, 6) is -0.181. The molecule has 2 aromatic rings. The molecule has 1 atom stereocenters. The van der Waals surface area contributed by atoms with Crippen molar-refractivity contribution in [1.29, 1.82) is 0 Å². The summed E-state index contributed by atoms with van der Waals surface area (Å²) >= 11 is 11.4. The molecule has 1 N–H and O–H groups in total. The molecule has 134 valence electrons. The van der Waals surface area contributed by atoms with Gasteiger partial charge in [-0.25, -0.2) is 0 Å². The fraction of sp³-hybridized carbons (Fsp3) is 0.235. The van der Waals surface area contributed by atoms with Gasteiger partial charge in [-0.3, -0.25) is 4.79 Å². The second-order valence-electron chi connectivity index (χ2n) is 5.15. The number of carbonyl (C=O) groups excluding carboxylic acids is 1. The minimum Gasteiger partial charge on any atom is -0.481 e. The van der Waals surface area contributed by atoms with Crippen molar-refractivity contribution in [3.05, 3.63) is 58.1 Å². The summed E-state index contributed by atoms with van der Waals surface area (Å²) in [6.45, 7) is 1.72. The molecule has 0 aromatic heterocycles. The first kappa shape index (κ1) is 19.4. The number of anilines is 1. The lowest BCUT2D eigenvalue weighted by Crippen LogP contribution is -2.32. The SMILES string of the molecule is CC[C@H](Oc1cccc(Cl)c1)C(=O)Nc1ccc(Cl)c(C(F)(F)F)c1. The van der Waals surface area contributed by atoms with Gasteiger partial charge in [-0.1, -0.05) is 36.2 Å². The molecule has 0 aliphatic heterocycles. The average molecular weight is 392 g/mol. The molecule has 0 aliphatic carbocycles. The number of hydrogen-bond acceptors (Lipinski definition) is 2. The molecule has 0 aliphatic rings. The number of amides is 1. The maximum absolute atomic E-state index is 12.9. The Labute approximate surface area is 152 Å². The quantitative estimate of drug-likeness (QED) is 0.698. The molecule has 2 aromatic carbocycles. The predicted molar refractivity (Wildman–Crippen MR) is 91.2 cm³/mol. The molecule has 0 radical (unpaired) electrons. The Morgan fingerprint density at radius 2 is 1.92 bits per heavy atom. The average Bonchev–Trinajstić information content (AvgIpc) is 2.53. The number of halogens is 5. The van der Waals surface area contributed by atoms with Gasteiger partial charge in [0.25, 0.3) is 5.91 Å². The standard InChI is InChI=1S/C17H14Cl2F3NO2/c1-2-15(25-12-5-3-4-10(18)8-12)16(24)23-11-6-7-14(19)13(9-11)17(20,21)22/h3-9,15H,2H2,1H3,(H,23,24)/t15-/m0/s1. The van der Waals surface area contributed by atoms with Crippen LogP contribution in [0.25, 0.3) is 0 Å². The molecule has 0 spiro atoms. The van der Waals surface area contributed by atoms with E-state index in [1.807, 2.05) is 0 Å². The summed E-state index contributed by atoms with van der Waals surface area (Å²) in [5.41, 5.74) is -1.04. The van der Waals surface area contributed by atoms with Crippen molar-refractivity contribution in [2.45, 2.75) is 25.6 Å². The first-order chi connectivity index (χ1) is 11.7. The fourth-order valence-corrected chi connectivity index (χ4v) is 2.47. The van der Waals surface area contributed by atoms with Gasteiger partial charge >= 0.3 is 6.18 Å². The first-order valence-electron chi connectivity index (χ1n) is 7.30. The monoisotopic (exact) mass is 391 g/mol. The molecule has 1 amide bonds. The van der Waals surface area contributed by atoms with Crippen molar-refractivity contribution in [2.75, 3.05) is 5.32 Å². The molecule has 0 saturated carbocycles. The summed E-state index contributed by atoms with van der Waals surface area (Å²) < 4.78 is 44.2. The Balaban J connectivity index is 2.14. The van der Waals surface area contributed by atoms with Crippen LogP contribution in [0.4, 0.5) is 18.9 Å². The molecule has 0 bridgehead atoms. The summed E-state index contributed by atoms with van der Waals surface area (Å²) in [4.78, 5) is 12.3. The van der Waals surface area contributed by atoms with Crippen LogP contribution in [0.5, 0.6) is 5.75 Å². The fourth-order valence-electron chi connectivity index (χ4n) is 2.07. The van der Waals surface area contributed by atoms with Gasteiger partial charge in [0.1, 0.15) is 5.75 Å². The Morgan fingerprint density at radius 3 is 2.52 bits per heavy atom. The molecule has 8 heteroatoms. The zero-order valence-corrected chi connectivity index (χ0v) is 14.5. The van der Waals surface area contributed by atoms with Crippen molar-refractivity contribution < 1.29 is 22.7 Å². The Bertz CT molecular complexity index is 766. The van der Waals surface area contributed by atoms with Gasteiger partial charge in [-0.15, -0.1) is 0 Å². The Morgan fingerprint density at radius 1 is 1.20 bits per heavy atom. The van der Waals surface area contributed by atoms with Crippen LogP contribution in [0.1, 0.15) is 18.9 Å². The van der Waals surface area contributed by atoms with E-state index in [0.29, 0.717) is 17.2 Å². The first-order valence-corrected chi connectivity index (χ1v) is 8.06. The van der Waals surface area contributed by atoms with Gasteiger partial charge in [0.2, 0.25) is 0 Å². The van der Waals surface area contributed by atoms with Crippen molar-refractivity contribution in [3.63, 3.8) is 0 Å². The van der Waals surface area contributed by atoms with Crippen LogP contribution < -0.4 is 10.1 Å². The maximum Gasteiger partial charge on any atom is 0.417 e. The number of alkyl halides is 3. The highest BCUT2D eigenvalue weighted by molar-refractivity contribution is 6.31. The summed E-state index contributed by atoms with van der Waals surface area (Å²) in [7, 11) is 0. The van der Waals surface area contributed by atoms with Crippen LogP contribution in [0, 0.1) is 0 Å². The summed E-state index contributed by atoms with van der Waals surface area (Å²) in [5, 5.41) is 2.42. The lowest BCUT2D eigenvalue weighted by atomic mass is 10.1.